The SMILES string of the molecule is COCCOCCOCCOCCOCCOCCOCCOCCOCCOCCOCCOc1cc(C(=O)NCCN)cc(OCCOCCOCCOCCOCCOCCOCCOCCOCCOCCOCCOC)c1OCCOCCOCCOCCOCCOCCOCCOCCOCCOCCOCCOC. The number of hydrogen-bond donors (Lipinski definition) is 2. The number of ether oxygens (including phenoxy) is 36. The van der Waals surface area contributed by atoms with Crippen LogP contribution in [0.25, 0.3) is 0 Å². The monoisotopic (exact) mass is 1710 g/mol. The fourth-order valence-electron chi connectivity index (χ4n) is 8.65. The van der Waals surface area contributed by atoms with Crippen molar-refractivity contribution in [3.63, 3.8) is 0 Å². The number of carbonyl (C=O) groups is 1. The van der Waals surface area contributed by atoms with Gasteiger partial charge in [0.1, 0.15) is 19.8 Å². The molecule has 0 aliphatic heterocycles. The number of rotatable bonds is 105. The lowest BCUT2D eigenvalue weighted by Crippen LogP contribution is -2.29. The minimum Gasteiger partial charge on any atom is -0.487 e. The summed E-state index contributed by atoms with van der Waals surface area (Å²) < 4.78 is 200. The summed E-state index contributed by atoms with van der Waals surface area (Å²) >= 11 is 0. The fourth-order valence-corrected chi connectivity index (χ4v) is 8.65. The summed E-state index contributed by atoms with van der Waals surface area (Å²) in [4.78, 5) is 13.4. The molecule has 39 heteroatoms. The Hall–Kier alpha value is -3.27. The number of carbonyl (C=O) groups excluding carboxylic acids is 1. The highest BCUT2D eigenvalue weighted by molar-refractivity contribution is 5.95. The highest BCUT2D eigenvalue weighted by Gasteiger charge is 2.20. The van der Waals surface area contributed by atoms with Gasteiger partial charge in [0.15, 0.2) is 11.5 Å². The van der Waals surface area contributed by atoms with Gasteiger partial charge < -0.3 is 182 Å². The molecular weight excluding hydrogens is 1560 g/mol. The van der Waals surface area contributed by atoms with Crippen molar-refractivity contribution in [1.82, 2.24) is 5.32 Å². The van der Waals surface area contributed by atoms with Gasteiger partial charge in [-0.3, -0.25) is 4.79 Å². The topological polar surface area (TPSA) is 387 Å². The third-order valence-electron chi connectivity index (χ3n) is 14.5. The maximum Gasteiger partial charge on any atom is 0.251 e. The van der Waals surface area contributed by atoms with Gasteiger partial charge in [0.2, 0.25) is 5.75 Å². The van der Waals surface area contributed by atoms with Gasteiger partial charge in [0.05, 0.1) is 416 Å². The standard InChI is InChI=1S/C78H150N2O37/c1-82-6-9-85-12-15-88-18-21-91-24-27-94-30-33-97-36-39-100-42-45-103-48-51-106-54-57-109-60-63-112-66-69-115-75-72-74(78(81)80-5-4-79)73-76(116-70-67-113-64-61-110-58-55-107-52-49-104-46-43-101-40-37-98-34-31-95-28-25-92-22-19-89-16-13-86-10-7-83-2)77(75)117-71-68-114-65-62-111-59-56-108-53-50-105-47-44-102-41-38-99-35-32-96-29-26-93-23-20-90-17-14-87-11-8-84-3/h72-73H,4-71,79H2,1-3H3,(H,80,81). The Labute approximate surface area is 695 Å². The summed E-state index contributed by atoms with van der Waals surface area (Å²) in [5, 5.41) is 2.81. The molecule has 0 spiro atoms. The van der Waals surface area contributed by atoms with Crippen molar-refractivity contribution in [2.45, 2.75) is 0 Å². The van der Waals surface area contributed by atoms with E-state index in [1.165, 1.54) is 0 Å². The van der Waals surface area contributed by atoms with Crippen LogP contribution >= 0.6 is 0 Å². The van der Waals surface area contributed by atoms with Gasteiger partial charge in [-0.15, -0.1) is 0 Å². The molecule has 0 aliphatic rings. The number of methoxy groups -OCH3 is 3. The maximum absolute atomic E-state index is 13.4. The summed E-state index contributed by atoms with van der Waals surface area (Å²) in [5.41, 5.74) is 5.99. The second-order valence-corrected chi connectivity index (χ2v) is 23.7. The van der Waals surface area contributed by atoms with Crippen molar-refractivity contribution >= 4 is 5.91 Å². The first kappa shape index (κ1) is 112. The van der Waals surface area contributed by atoms with Crippen LogP contribution < -0.4 is 25.3 Å². The number of nitrogens with two attached hydrogens (primary N) is 1. The van der Waals surface area contributed by atoms with Crippen LogP contribution in [0.3, 0.4) is 0 Å². The average molecular weight is 1710 g/mol. The van der Waals surface area contributed by atoms with E-state index in [4.69, 9.17) is 176 Å². The lowest BCUT2D eigenvalue weighted by atomic mass is 10.1. The molecule has 0 bridgehead atoms. The maximum atomic E-state index is 13.4. The summed E-state index contributed by atoms with van der Waals surface area (Å²) in [6, 6.07) is 3.17. The van der Waals surface area contributed by atoms with Crippen LogP contribution in [0, 0.1) is 0 Å². The van der Waals surface area contributed by atoms with E-state index in [9.17, 15) is 4.79 Å². The first-order chi connectivity index (χ1) is 58.2. The predicted octanol–water partition coefficient (Wildman–Crippen LogP) is 0.949. The zero-order valence-corrected chi connectivity index (χ0v) is 70.9. The molecule has 1 aromatic rings. The van der Waals surface area contributed by atoms with E-state index in [0.717, 1.165) is 0 Å². The molecule has 0 heterocycles. The third-order valence-corrected chi connectivity index (χ3v) is 14.5. The van der Waals surface area contributed by atoms with Crippen molar-refractivity contribution in [3.8, 4) is 17.2 Å². The van der Waals surface area contributed by atoms with Crippen LogP contribution in [0.5, 0.6) is 17.2 Å². The van der Waals surface area contributed by atoms with E-state index in [-0.39, 0.29) is 81.4 Å². The second kappa shape index (κ2) is 99.8. The Morgan fingerprint density at radius 1 is 0.205 bits per heavy atom. The van der Waals surface area contributed by atoms with Crippen molar-refractivity contribution in [2.75, 3.05) is 470 Å². The first-order valence-corrected chi connectivity index (χ1v) is 41.0. The number of hydrogen-bond acceptors (Lipinski definition) is 38. The van der Waals surface area contributed by atoms with Crippen LogP contribution in [-0.2, 0) is 156 Å². The van der Waals surface area contributed by atoms with Gasteiger partial charge in [-0.2, -0.15) is 0 Å². The Balaban J connectivity index is 2.38. The Morgan fingerprint density at radius 2 is 0.333 bits per heavy atom. The molecule has 0 saturated heterocycles. The van der Waals surface area contributed by atoms with Crippen LogP contribution in [-0.4, -0.2) is 476 Å². The van der Waals surface area contributed by atoms with Crippen LogP contribution in [0.1, 0.15) is 10.4 Å². The predicted molar refractivity (Wildman–Crippen MR) is 425 cm³/mol. The molecule has 3 N–H and O–H groups in total. The second-order valence-electron chi connectivity index (χ2n) is 23.7. The molecule has 117 heavy (non-hydrogen) atoms. The average Bonchev–Trinajstić information content (AvgIpc) is 0.815. The molecule has 0 atom stereocenters. The van der Waals surface area contributed by atoms with Crippen molar-refractivity contribution in [1.29, 1.82) is 0 Å². The summed E-state index contributed by atoms with van der Waals surface area (Å²) in [6.45, 7) is 28.9. The zero-order chi connectivity index (χ0) is 83.5. The third kappa shape index (κ3) is 87.4. The minimum absolute atomic E-state index is 0.112. The fraction of sp³-hybridized carbons (Fsp3) is 0.910. The Bertz CT molecular complexity index is 1980. The summed E-state index contributed by atoms with van der Waals surface area (Å²) in [6.07, 6.45) is 0. The molecule has 1 amide bonds. The molecule has 1 rings (SSSR count). The number of benzene rings is 1. The van der Waals surface area contributed by atoms with E-state index < -0.39 is 0 Å². The molecule has 694 valence electrons. The number of nitrogens with one attached hydrogen (secondary N) is 1. The molecule has 0 fully saturated rings. The molecule has 0 radical (unpaired) electrons. The highest BCUT2D eigenvalue weighted by Crippen LogP contribution is 2.39. The molecular formula is C78H150N2O37. The van der Waals surface area contributed by atoms with Crippen LogP contribution in [0.4, 0.5) is 0 Å². The lowest BCUT2D eigenvalue weighted by molar-refractivity contribution is -0.0274. The zero-order valence-electron chi connectivity index (χ0n) is 70.9. The lowest BCUT2D eigenvalue weighted by Gasteiger charge is -2.19. The van der Waals surface area contributed by atoms with E-state index in [1.807, 2.05) is 0 Å². The Morgan fingerprint density at radius 3 is 0.470 bits per heavy atom. The van der Waals surface area contributed by atoms with Crippen molar-refractivity contribution in [2.24, 2.45) is 5.73 Å². The van der Waals surface area contributed by atoms with Gasteiger partial charge >= 0.3 is 0 Å². The summed E-state index contributed by atoms with van der Waals surface area (Å²) in [5.74, 6) is 0.401. The molecule has 39 nitrogen and oxygen atoms in total. The normalized spacial score (nSPS) is 11.7. The van der Waals surface area contributed by atoms with Crippen molar-refractivity contribution in [3.05, 3.63) is 17.7 Å². The van der Waals surface area contributed by atoms with E-state index in [0.29, 0.717) is 396 Å². The summed E-state index contributed by atoms with van der Waals surface area (Å²) in [7, 11) is 4.91. The molecule has 0 aromatic heterocycles. The largest absolute Gasteiger partial charge is 0.487 e. The van der Waals surface area contributed by atoms with Gasteiger partial charge in [0, 0.05) is 40.0 Å². The smallest absolute Gasteiger partial charge is 0.251 e. The quantitative estimate of drug-likeness (QED) is 0.0857. The number of amides is 1. The van der Waals surface area contributed by atoms with Gasteiger partial charge in [-0.1, -0.05) is 0 Å². The van der Waals surface area contributed by atoms with Gasteiger partial charge in [0.25, 0.3) is 5.91 Å². The van der Waals surface area contributed by atoms with Crippen LogP contribution in [0.15, 0.2) is 12.1 Å². The minimum atomic E-state index is -0.378. The first-order valence-electron chi connectivity index (χ1n) is 41.0. The van der Waals surface area contributed by atoms with E-state index in [1.54, 1.807) is 33.5 Å². The van der Waals surface area contributed by atoms with Crippen LogP contribution in [0.2, 0.25) is 0 Å². The van der Waals surface area contributed by atoms with E-state index in [2.05, 4.69) is 5.32 Å². The van der Waals surface area contributed by atoms with Crippen molar-refractivity contribution < 1.29 is 175 Å². The highest BCUT2D eigenvalue weighted by atomic mass is 16.6. The molecule has 0 aliphatic carbocycles. The van der Waals surface area contributed by atoms with E-state index >= 15 is 0 Å². The molecule has 0 unspecified atom stereocenters. The van der Waals surface area contributed by atoms with Gasteiger partial charge in [-0.05, 0) is 12.1 Å². The molecule has 1 aromatic carbocycles. The van der Waals surface area contributed by atoms with Gasteiger partial charge in [-0.25, -0.2) is 0 Å². The molecule has 0 saturated carbocycles. The Kier molecular flexibility index (Phi) is 95.3.